The molecule has 0 aromatic rings. The van der Waals surface area contributed by atoms with Gasteiger partial charge in [-0.3, -0.25) is 4.79 Å². The molecule has 1 heterocycles. The van der Waals surface area contributed by atoms with Crippen LogP contribution in [0.1, 0.15) is 72.1 Å². The smallest absolute Gasteiger partial charge is 0.176 e. The van der Waals surface area contributed by atoms with Crippen LogP contribution in [0.25, 0.3) is 0 Å². The number of ketones is 1. The van der Waals surface area contributed by atoms with E-state index in [4.69, 9.17) is 9.47 Å². The summed E-state index contributed by atoms with van der Waals surface area (Å²) in [4.78, 5) is 13.4. The van der Waals surface area contributed by atoms with E-state index >= 15 is 0 Å². The Balaban J connectivity index is 1.55. The zero-order chi connectivity index (χ0) is 19.7. The van der Waals surface area contributed by atoms with Crippen LogP contribution in [-0.4, -0.2) is 36.0 Å². The first-order valence-corrected chi connectivity index (χ1v) is 11.6. The fourth-order valence-corrected chi connectivity index (χ4v) is 8.16. The lowest BCUT2D eigenvalue weighted by atomic mass is 9.47. The Morgan fingerprint density at radius 3 is 2.61 bits per heavy atom. The summed E-state index contributed by atoms with van der Waals surface area (Å²) in [5.41, 5.74) is 1.22. The molecule has 5 rings (SSSR count). The zero-order valence-electron chi connectivity index (χ0n) is 17.7. The summed E-state index contributed by atoms with van der Waals surface area (Å²) in [5, 5.41) is 10.2. The molecular weight excluding hydrogens is 352 g/mol. The maximum absolute atomic E-state index is 13.4. The summed E-state index contributed by atoms with van der Waals surface area (Å²) in [7, 11) is 0. The van der Waals surface area contributed by atoms with Gasteiger partial charge < -0.3 is 14.6 Å². The number of fused-ring (bicyclic) bond motifs is 6. The van der Waals surface area contributed by atoms with Crippen molar-refractivity contribution >= 4 is 5.78 Å². The predicted octanol–water partition coefficient (Wildman–Crippen LogP) is 4.26. The molecule has 1 N–H and O–H groups in total. The molecule has 5 aliphatic rings. The Morgan fingerprint density at radius 1 is 1.14 bits per heavy atom. The standard InChI is InChI=1S/C24H36O4/c1-4-5-15-13-19-21-18(7-9-23(19,3)24(15)27-10-11-28-24)22(2)8-6-17(25)12-16(22)14-20(21)26/h14-15,17-19,21,25H,4-13H2,1-3H3/t15-,17-,18+,19+,21-,22+,23+/m1/s1. The molecule has 4 nitrogen and oxygen atoms in total. The summed E-state index contributed by atoms with van der Waals surface area (Å²) >= 11 is 0. The van der Waals surface area contributed by atoms with Gasteiger partial charge in [-0.2, -0.15) is 0 Å². The number of carbonyl (C=O) groups excluding carboxylic acids is 1. The lowest BCUT2D eigenvalue weighted by molar-refractivity contribution is -0.261. The van der Waals surface area contributed by atoms with E-state index in [9.17, 15) is 9.90 Å². The highest BCUT2D eigenvalue weighted by Gasteiger charge is 2.71. The number of ether oxygens (including phenoxy) is 2. The van der Waals surface area contributed by atoms with Gasteiger partial charge in [-0.15, -0.1) is 0 Å². The van der Waals surface area contributed by atoms with Crippen molar-refractivity contribution in [3.63, 3.8) is 0 Å². The van der Waals surface area contributed by atoms with Crippen LogP contribution in [0.3, 0.4) is 0 Å². The van der Waals surface area contributed by atoms with Gasteiger partial charge in [0.2, 0.25) is 0 Å². The lowest BCUT2D eigenvalue weighted by Gasteiger charge is -2.58. The van der Waals surface area contributed by atoms with Crippen molar-refractivity contribution in [2.75, 3.05) is 13.2 Å². The molecule has 4 heteroatoms. The van der Waals surface area contributed by atoms with Crippen molar-refractivity contribution in [2.24, 2.45) is 34.5 Å². The average Bonchev–Trinajstić information content (AvgIpc) is 3.24. The van der Waals surface area contributed by atoms with Crippen LogP contribution in [0.5, 0.6) is 0 Å². The molecule has 4 aliphatic carbocycles. The van der Waals surface area contributed by atoms with Gasteiger partial charge in [-0.05, 0) is 68.3 Å². The van der Waals surface area contributed by atoms with Crippen molar-refractivity contribution in [2.45, 2.75) is 84.0 Å². The first kappa shape index (κ1) is 19.3. The minimum absolute atomic E-state index is 0.0734. The maximum Gasteiger partial charge on any atom is 0.176 e. The van der Waals surface area contributed by atoms with Gasteiger partial charge in [0, 0.05) is 17.3 Å². The van der Waals surface area contributed by atoms with Gasteiger partial charge >= 0.3 is 0 Å². The Bertz CT molecular complexity index is 693. The highest BCUT2D eigenvalue weighted by molar-refractivity contribution is 5.94. The molecule has 7 atom stereocenters. The molecule has 4 fully saturated rings. The van der Waals surface area contributed by atoms with Crippen molar-refractivity contribution in [1.29, 1.82) is 0 Å². The Labute approximate surface area is 169 Å². The van der Waals surface area contributed by atoms with Gasteiger partial charge in [-0.1, -0.05) is 32.8 Å². The Morgan fingerprint density at radius 2 is 1.89 bits per heavy atom. The predicted molar refractivity (Wildman–Crippen MR) is 107 cm³/mol. The Kier molecular flexibility index (Phi) is 4.40. The number of hydrogen-bond donors (Lipinski definition) is 1. The number of carbonyl (C=O) groups is 1. The number of rotatable bonds is 2. The zero-order valence-corrected chi connectivity index (χ0v) is 17.7. The summed E-state index contributed by atoms with van der Waals surface area (Å²) in [6.45, 7) is 8.34. The number of allylic oxidation sites excluding steroid dienone is 1. The molecule has 0 unspecified atom stereocenters. The SMILES string of the molecule is CCC[C@@H]1C[C@H]2[C@@H]3C(=O)C=C4C[C@H](O)CC[C@]4(C)[C@H]3CC[C@]2(C)C12OCCO2. The van der Waals surface area contributed by atoms with E-state index in [-0.39, 0.29) is 22.9 Å². The molecule has 0 aromatic carbocycles. The van der Waals surface area contributed by atoms with E-state index in [0.717, 1.165) is 44.9 Å². The minimum atomic E-state index is -0.480. The van der Waals surface area contributed by atoms with E-state index < -0.39 is 5.79 Å². The third kappa shape index (κ3) is 2.31. The molecule has 0 amide bonds. The largest absolute Gasteiger partial charge is 0.393 e. The molecular formula is C24H36O4. The second-order valence-electron chi connectivity index (χ2n) is 10.7. The summed E-state index contributed by atoms with van der Waals surface area (Å²) in [6.07, 6.45) is 9.66. The minimum Gasteiger partial charge on any atom is -0.393 e. The molecule has 0 radical (unpaired) electrons. The van der Waals surface area contributed by atoms with Gasteiger partial charge in [0.1, 0.15) is 0 Å². The van der Waals surface area contributed by atoms with Crippen molar-refractivity contribution in [3.05, 3.63) is 11.6 Å². The van der Waals surface area contributed by atoms with Crippen LogP contribution < -0.4 is 0 Å². The van der Waals surface area contributed by atoms with Gasteiger partial charge in [0.05, 0.1) is 19.3 Å². The Hall–Kier alpha value is -0.710. The molecule has 1 aliphatic heterocycles. The van der Waals surface area contributed by atoms with Crippen molar-refractivity contribution in [3.8, 4) is 0 Å². The molecule has 1 saturated heterocycles. The molecule has 28 heavy (non-hydrogen) atoms. The number of aliphatic hydroxyl groups excluding tert-OH is 1. The van der Waals surface area contributed by atoms with Crippen molar-refractivity contribution in [1.82, 2.24) is 0 Å². The van der Waals surface area contributed by atoms with Crippen LogP contribution in [-0.2, 0) is 14.3 Å². The monoisotopic (exact) mass is 388 g/mol. The first-order chi connectivity index (χ1) is 13.4. The van der Waals surface area contributed by atoms with Crippen LogP contribution >= 0.6 is 0 Å². The quantitative estimate of drug-likeness (QED) is 0.768. The van der Waals surface area contributed by atoms with E-state index in [1.165, 1.54) is 5.57 Å². The first-order valence-electron chi connectivity index (χ1n) is 11.6. The highest BCUT2D eigenvalue weighted by Crippen LogP contribution is 2.69. The summed E-state index contributed by atoms with van der Waals surface area (Å²) in [5.74, 6) is 1.07. The molecule has 1 spiro atoms. The number of aliphatic hydroxyl groups is 1. The van der Waals surface area contributed by atoms with Crippen LogP contribution in [0.4, 0.5) is 0 Å². The van der Waals surface area contributed by atoms with E-state index in [1.807, 2.05) is 6.08 Å². The molecule has 0 bridgehead atoms. The van der Waals surface area contributed by atoms with Gasteiger partial charge in [0.15, 0.2) is 11.6 Å². The summed E-state index contributed by atoms with van der Waals surface area (Å²) in [6, 6.07) is 0. The van der Waals surface area contributed by atoms with Gasteiger partial charge in [0.25, 0.3) is 0 Å². The number of hydrogen-bond acceptors (Lipinski definition) is 4. The van der Waals surface area contributed by atoms with Crippen LogP contribution in [0.15, 0.2) is 11.6 Å². The van der Waals surface area contributed by atoms with Crippen molar-refractivity contribution < 1.29 is 19.4 Å². The molecule has 0 aromatic heterocycles. The van der Waals surface area contributed by atoms with E-state index in [2.05, 4.69) is 20.8 Å². The lowest BCUT2D eigenvalue weighted by Crippen LogP contribution is -2.58. The van der Waals surface area contributed by atoms with Crippen LogP contribution in [0, 0.1) is 34.5 Å². The fourth-order valence-electron chi connectivity index (χ4n) is 8.16. The second kappa shape index (κ2) is 6.39. The molecule has 3 saturated carbocycles. The second-order valence-corrected chi connectivity index (χ2v) is 10.7. The van der Waals surface area contributed by atoms with Crippen LogP contribution in [0.2, 0.25) is 0 Å². The highest BCUT2D eigenvalue weighted by atomic mass is 16.7. The normalized spacial score (nSPS) is 49.5. The maximum atomic E-state index is 13.4. The topological polar surface area (TPSA) is 55.8 Å². The third-order valence-electron chi connectivity index (χ3n) is 9.53. The summed E-state index contributed by atoms with van der Waals surface area (Å²) < 4.78 is 12.8. The van der Waals surface area contributed by atoms with E-state index in [1.54, 1.807) is 0 Å². The van der Waals surface area contributed by atoms with Gasteiger partial charge in [-0.25, -0.2) is 0 Å². The fraction of sp³-hybridized carbons (Fsp3) is 0.875. The third-order valence-corrected chi connectivity index (χ3v) is 9.53. The molecule has 156 valence electrons. The average molecular weight is 389 g/mol. The van der Waals surface area contributed by atoms with E-state index in [0.29, 0.717) is 43.2 Å².